The first-order chi connectivity index (χ1) is 9.38. The zero-order valence-corrected chi connectivity index (χ0v) is 10.8. The summed E-state index contributed by atoms with van der Waals surface area (Å²) in [7, 11) is 0. The Balaban J connectivity index is 2.38. The highest BCUT2D eigenvalue weighted by Crippen LogP contribution is 2.34. The van der Waals surface area contributed by atoms with Crippen molar-refractivity contribution in [1.82, 2.24) is 4.98 Å². The molecule has 2 N–H and O–H groups in total. The van der Waals surface area contributed by atoms with E-state index in [4.69, 9.17) is 10.5 Å². The van der Waals surface area contributed by atoms with E-state index < -0.39 is 11.7 Å². The summed E-state index contributed by atoms with van der Waals surface area (Å²) in [5.74, 6) is 0.606. The Morgan fingerprint density at radius 1 is 1.20 bits per heavy atom. The molecule has 0 saturated carbocycles. The van der Waals surface area contributed by atoms with E-state index in [9.17, 15) is 13.2 Å². The smallest absolute Gasteiger partial charge is 0.417 e. The first-order valence-corrected chi connectivity index (χ1v) is 5.87. The highest BCUT2D eigenvalue weighted by Gasteiger charge is 2.34. The van der Waals surface area contributed by atoms with Crippen molar-refractivity contribution < 1.29 is 17.9 Å². The zero-order chi connectivity index (χ0) is 14.8. The van der Waals surface area contributed by atoms with Crippen molar-refractivity contribution in [2.24, 2.45) is 5.73 Å². The van der Waals surface area contributed by atoms with Gasteiger partial charge in [0.05, 0.1) is 11.8 Å². The lowest BCUT2D eigenvalue weighted by atomic mass is 10.1. The molecule has 3 nitrogen and oxygen atoms in total. The van der Waals surface area contributed by atoms with Crippen LogP contribution >= 0.6 is 12.2 Å². The van der Waals surface area contributed by atoms with Gasteiger partial charge >= 0.3 is 6.18 Å². The van der Waals surface area contributed by atoms with Gasteiger partial charge in [0.2, 0.25) is 0 Å². The third kappa shape index (κ3) is 3.24. The SMILES string of the molecule is NC(=S)c1cc(Oc2cccnc2)ccc1C(F)(F)F. The second-order valence-electron chi connectivity index (χ2n) is 3.86. The van der Waals surface area contributed by atoms with Crippen LogP contribution in [0.15, 0.2) is 42.7 Å². The minimum atomic E-state index is -4.52. The molecule has 0 bridgehead atoms. The number of hydrogen-bond acceptors (Lipinski definition) is 3. The maximum Gasteiger partial charge on any atom is 0.417 e. The average Bonchev–Trinajstić information content (AvgIpc) is 2.38. The van der Waals surface area contributed by atoms with Crippen LogP contribution in [0.3, 0.4) is 0 Å². The Morgan fingerprint density at radius 3 is 2.50 bits per heavy atom. The van der Waals surface area contributed by atoms with Gasteiger partial charge in [-0.15, -0.1) is 0 Å². The van der Waals surface area contributed by atoms with Gasteiger partial charge in [-0.1, -0.05) is 12.2 Å². The number of rotatable bonds is 3. The molecule has 2 rings (SSSR count). The van der Waals surface area contributed by atoms with E-state index in [2.05, 4.69) is 17.2 Å². The molecule has 1 aromatic carbocycles. The van der Waals surface area contributed by atoms with Gasteiger partial charge in [-0.3, -0.25) is 4.98 Å². The number of halogens is 3. The molecule has 7 heteroatoms. The molecular weight excluding hydrogens is 289 g/mol. The molecule has 0 aliphatic carbocycles. The van der Waals surface area contributed by atoms with Gasteiger partial charge in [0, 0.05) is 11.8 Å². The van der Waals surface area contributed by atoms with Gasteiger partial charge in [-0.25, -0.2) is 0 Å². The molecule has 0 unspecified atom stereocenters. The number of alkyl halides is 3. The molecule has 104 valence electrons. The van der Waals surface area contributed by atoms with Crippen molar-refractivity contribution in [1.29, 1.82) is 0 Å². The summed E-state index contributed by atoms with van der Waals surface area (Å²) in [6.07, 6.45) is -1.52. The fraction of sp³-hybridized carbons (Fsp3) is 0.0769. The molecule has 0 amide bonds. The number of hydrogen-bond donors (Lipinski definition) is 1. The fourth-order valence-corrected chi connectivity index (χ4v) is 1.75. The summed E-state index contributed by atoms with van der Waals surface area (Å²) in [5.41, 5.74) is 4.18. The quantitative estimate of drug-likeness (QED) is 0.881. The molecule has 0 atom stereocenters. The van der Waals surface area contributed by atoms with E-state index in [-0.39, 0.29) is 16.3 Å². The summed E-state index contributed by atoms with van der Waals surface area (Å²) < 4.78 is 43.8. The fourth-order valence-electron chi connectivity index (χ4n) is 1.58. The Hall–Kier alpha value is -2.15. The standard InChI is InChI=1S/C13H9F3N2OS/c14-13(15,16)11-4-3-8(6-10(11)12(17)20)19-9-2-1-5-18-7-9/h1-7H,(H2,17,20). The van der Waals surface area contributed by atoms with Gasteiger partial charge in [0.15, 0.2) is 0 Å². The van der Waals surface area contributed by atoms with Gasteiger partial charge in [0.1, 0.15) is 16.5 Å². The van der Waals surface area contributed by atoms with Crippen LogP contribution < -0.4 is 10.5 Å². The predicted octanol–water partition coefficient (Wildman–Crippen LogP) is 3.53. The number of pyridine rings is 1. The molecule has 0 aliphatic heterocycles. The topological polar surface area (TPSA) is 48.1 Å². The Kier molecular flexibility index (Phi) is 3.89. The summed E-state index contributed by atoms with van der Waals surface area (Å²) in [4.78, 5) is 3.50. The van der Waals surface area contributed by atoms with Crippen molar-refractivity contribution in [3.8, 4) is 11.5 Å². The number of nitrogens with zero attached hydrogens (tertiary/aromatic N) is 1. The number of nitrogens with two attached hydrogens (primary N) is 1. The lowest BCUT2D eigenvalue weighted by molar-refractivity contribution is -0.137. The second kappa shape index (κ2) is 5.46. The van der Waals surface area contributed by atoms with Crippen molar-refractivity contribution in [3.05, 3.63) is 53.9 Å². The van der Waals surface area contributed by atoms with Crippen LogP contribution in [0.25, 0.3) is 0 Å². The van der Waals surface area contributed by atoms with Crippen LogP contribution in [-0.2, 0) is 6.18 Å². The monoisotopic (exact) mass is 298 g/mol. The van der Waals surface area contributed by atoms with E-state index in [1.807, 2.05) is 0 Å². The normalized spacial score (nSPS) is 11.2. The summed E-state index contributed by atoms with van der Waals surface area (Å²) in [6.45, 7) is 0. The van der Waals surface area contributed by atoms with Crippen molar-refractivity contribution in [2.45, 2.75) is 6.18 Å². The summed E-state index contributed by atoms with van der Waals surface area (Å²) in [6, 6.07) is 6.54. The molecule has 20 heavy (non-hydrogen) atoms. The molecule has 0 saturated heterocycles. The van der Waals surface area contributed by atoms with Crippen LogP contribution in [0.1, 0.15) is 11.1 Å². The molecule has 0 fully saturated rings. The van der Waals surface area contributed by atoms with Gasteiger partial charge in [-0.2, -0.15) is 13.2 Å². The summed E-state index contributed by atoms with van der Waals surface area (Å²) >= 11 is 4.65. The maximum absolute atomic E-state index is 12.8. The molecule has 1 heterocycles. The summed E-state index contributed by atoms with van der Waals surface area (Å²) in [5, 5.41) is 0. The van der Waals surface area contributed by atoms with Crippen LogP contribution in [0.5, 0.6) is 11.5 Å². The van der Waals surface area contributed by atoms with E-state index in [0.29, 0.717) is 5.75 Å². The number of thiocarbonyl (C=S) groups is 1. The second-order valence-corrected chi connectivity index (χ2v) is 4.30. The number of benzene rings is 1. The van der Waals surface area contributed by atoms with E-state index >= 15 is 0 Å². The van der Waals surface area contributed by atoms with E-state index in [1.165, 1.54) is 12.3 Å². The lowest BCUT2D eigenvalue weighted by Gasteiger charge is -2.13. The Labute approximate surface area is 118 Å². The Morgan fingerprint density at radius 2 is 1.95 bits per heavy atom. The van der Waals surface area contributed by atoms with Crippen LogP contribution in [0.2, 0.25) is 0 Å². The molecule has 0 aliphatic rings. The predicted molar refractivity (Wildman–Crippen MR) is 71.6 cm³/mol. The molecule has 0 radical (unpaired) electrons. The largest absolute Gasteiger partial charge is 0.456 e. The molecule has 0 spiro atoms. The number of aromatic nitrogens is 1. The van der Waals surface area contributed by atoms with Gasteiger partial charge in [-0.05, 0) is 30.3 Å². The van der Waals surface area contributed by atoms with Crippen LogP contribution in [0.4, 0.5) is 13.2 Å². The van der Waals surface area contributed by atoms with E-state index in [1.54, 1.807) is 18.3 Å². The van der Waals surface area contributed by atoms with Crippen molar-refractivity contribution in [3.63, 3.8) is 0 Å². The van der Waals surface area contributed by atoms with E-state index in [0.717, 1.165) is 12.1 Å². The first kappa shape index (κ1) is 14.3. The highest BCUT2D eigenvalue weighted by atomic mass is 32.1. The van der Waals surface area contributed by atoms with Gasteiger partial charge in [0.25, 0.3) is 0 Å². The third-order valence-corrected chi connectivity index (χ3v) is 2.65. The average molecular weight is 298 g/mol. The van der Waals surface area contributed by atoms with Gasteiger partial charge < -0.3 is 10.5 Å². The molecule has 1 aromatic heterocycles. The minimum Gasteiger partial charge on any atom is -0.456 e. The van der Waals surface area contributed by atoms with Crippen LogP contribution in [0, 0.1) is 0 Å². The van der Waals surface area contributed by atoms with Crippen molar-refractivity contribution >= 4 is 17.2 Å². The van der Waals surface area contributed by atoms with Crippen molar-refractivity contribution in [2.75, 3.05) is 0 Å². The Bertz CT molecular complexity index is 629. The molecule has 2 aromatic rings. The van der Waals surface area contributed by atoms with Crippen LogP contribution in [-0.4, -0.2) is 9.97 Å². The molecular formula is C13H9F3N2OS. The lowest BCUT2D eigenvalue weighted by Crippen LogP contribution is -2.17. The zero-order valence-electron chi connectivity index (χ0n) is 10.0. The maximum atomic E-state index is 12.8. The number of ether oxygens (including phenoxy) is 1. The first-order valence-electron chi connectivity index (χ1n) is 5.47. The minimum absolute atomic E-state index is 0.203. The third-order valence-electron chi connectivity index (χ3n) is 2.43. The highest BCUT2D eigenvalue weighted by molar-refractivity contribution is 7.80.